The summed E-state index contributed by atoms with van der Waals surface area (Å²) >= 11 is 0. The average Bonchev–Trinajstić information content (AvgIpc) is 2.78. The zero-order chi connectivity index (χ0) is 21.6. The van der Waals surface area contributed by atoms with E-state index in [2.05, 4.69) is 9.88 Å². The lowest BCUT2D eigenvalue weighted by Crippen LogP contribution is -2.68. The molecule has 1 saturated heterocycles. The molecular formula is C24H25N3O3S. The van der Waals surface area contributed by atoms with Crippen LogP contribution in [-0.4, -0.2) is 48.6 Å². The van der Waals surface area contributed by atoms with Crippen LogP contribution in [0.15, 0.2) is 78.0 Å². The zero-order valence-electron chi connectivity index (χ0n) is 17.3. The minimum Gasteiger partial charge on any atom is -0.395 e. The van der Waals surface area contributed by atoms with Gasteiger partial charge in [-0.2, -0.15) is 0 Å². The molecule has 0 spiro atoms. The Kier molecular flexibility index (Phi) is 5.04. The third-order valence-corrected chi connectivity index (χ3v) is 8.28. The second-order valence-electron chi connectivity index (χ2n) is 8.28. The molecule has 0 radical (unpaired) electrons. The van der Waals surface area contributed by atoms with Crippen LogP contribution in [0.1, 0.15) is 22.6 Å². The van der Waals surface area contributed by atoms with Gasteiger partial charge >= 0.3 is 0 Å². The Morgan fingerprint density at radius 3 is 2.55 bits per heavy atom. The number of aliphatic hydroxyl groups is 1. The number of para-hydroxylation sites is 1. The van der Waals surface area contributed by atoms with E-state index in [9.17, 15) is 13.5 Å². The molecule has 1 N–H and O–H groups in total. The Morgan fingerprint density at radius 1 is 1.06 bits per heavy atom. The minimum atomic E-state index is -3.70. The Balaban J connectivity index is 1.54. The van der Waals surface area contributed by atoms with Crippen LogP contribution in [0.2, 0.25) is 0 Å². The Hall–Kier alpha value is -2.74. The molecule has 1 fully saturated rings. The van der Waals surface area contributed by atoms with Crippen LogP contribution in [-0.2, 0) is 16.6 Å². The second kappa shape index (κ2) is 7.75. The monoisotopic (exact) mass is 435 g/mol. The van der Waals surface area contributed by atoms with Gasteiger partial charge < -0.3 is 5.11 Å². The number of benzene rings is 2. The van der Waals surface area contributed by atoms with Crippen LogP contribution >= 0.6 is 0 Å². The predicted octanol–water partition coefficient (Wildman–Crippen LogP) is 2.93. The molecule has 2 aliphatic heterocycles. The second-order valence-corrected chi connectivity index (χ2v) is 10.1. The molecule has 1 aromatic heterocycles. The van der Waals surface area contributed by atoms with Crippen LogP contribution in [0.3, 0.4) is 0 Å². The average molecular weight is 436 g/mol. The van der Waals surface area contributed by atoms with Crippen molar-refractivity contribution in [2.75, 3.05) is 17.5 Å². The van der Waals surface area contributed by atoms with Gasteiger partial charge in [0, 0.05) is 36.9 Å². The quantitative estimate of drug-likeness (QED) is 0.667. The topological polar surface area (TPSA) is 73.7 Å². The van der Waals surface area contributed by atoms with Gasteiger partial charge in [0.05, 0.1) is 23.7 Å². The summed E-state index contributed by atoms with van der Waals surface area (Å²) in [6.45, 7) is 2.95. The first-order valence-electron chi connectivity index (χ1n) is 10.4. The Labute approximate surface area is 182 Å². The number of pyridine rings is 1. The summed E-state index contributed by atoms with van der Waals surface area (Å²) in [5.41, 5.74) is 3.76. The highest BCUT2D eigenvalue weighted by Gasteiger charge is 2.53. The highest BCUT2D eigenvalue weighted by atomic mass is 32.2. The van der Waals surface area contributed by atoms with Gasteiger partial charge in [-0.15, -0.1) is 0 Å². The molecule has 0 aliphatic carbocycles. The van der Waals surface area contributed by atoms with E-state index in [1.165, 1.54) is 4.31 Å². The normalized spacial score (nSPS) is 23.0. The maximum absolute atomic E-state index is 13.6. The first-order chi connectivity index (χ1) is 15.0. The molecule has 2 aliphatic rings. The summed E-state index contributed by atoms with van der Waals surface area (Å²) in [6, 6.07) is 18.5. The summed E-state index contributed by atoms with van der Waals surface area (Å²) in [7, 11) is -3.70. The van der Waals surface area contributed by atoms with Crippen molar-refractivity contribution in [1.82, 2.24) is 9.88 Å². The maximum atomic E-state index is 13.6. The number of hydrogen-bond acceptors (Lipinski definition) is 5. The fraction of sp³-hybridized carbons (Fsp3) is 0.292. The summed E-state index contributed by atoms with van der Waals surface area (Å²) in [6.07, 6.45) is 3.55. The number of fused-ring (bicyclic) bond motifs is 3. The zero-order valence-corrected chi connectivity index (χ0v) is 18.1. The van der Waals surface area contributed by atoms with Crippen molar-refractivity contribution in [3.8, 4) is 0 Å². The Bertz CT molecular complexity index is 1180. The molecule has 6 nitrogen and oxygen atoms in total. The molecule has 31 heavy (non-hydrogen) atoms. The molecule has 0 unspecified atom stereocenters. The fourth-order valence-electron chi connectivity index (χ4n) is 4.93. The highest BCUT2D eigenvalue weighted by molar-refractivity contribution is 7.92. The minimum absolute atomic E-state index is 0.00696. The predicted molar refractivity (Wildman–Crippen MR) is 119 cm³/mol. The van der Waals surface area contributed by atoms with Gasteiger partial charge in [-0.3, -0.25) is 14.2 Å². The van der Waals surface area contributed by atoms with Gasteiger partial charge in [0.25, 0.3) is 10.0 Å². The van der Waals surface area contributed by atoms with E-state index >= 15 is 0 Å². The van der Waals surface area contributed by atoms with Gasteiger partial charge in [0.15, 0.2) is 0 Å². The number of sulfonamides is 1. The van der Waals surface area contributed by atoms with E-state index in [4.69, 9.17) is 0 Å². The molecule has 160 valence electrons. The summed E-state index contributed by atoms with van der Waals surface area (Å²) < 4.78 is 28.7. The lowest BCUT2D eigenvalue weighted by atomic mass is 9.72. The molecule has 7 heteroatoms. The van der Waals surface area contributed by atoms with Crippen molar-refractivity contribution < 1.29 is 13.5 Å². The first-order valence-corrected chi connectivity index (χ1v) is 11.9. The number of anilines is 1. The summed E-state index contributed by atoms with van der Waals surface area (Å²) in [5, 5.41) is 10.1. The number of likely N-dealkylation sites (tertiary alicyclic amines) is 1. The summed E-state index contributed by atoms with van der Waals surface area (Å²) in [5.74, 6) is 0.0994. The molecular weight excluding hydrogens is 410 g/mol. The van der Waals surface area contributed by atoms with E-state index in [0.29, 0.717) is 23.7 Å². The molecule has 0 saturated carbocycles. The third kappa shape index (κ3) is 3.33. The molecule has 5 rings (SSSR count). The lowest BCUT2D eigenvalue weighted by molar-refractivity contribution is -0.0478. The van der Waals surface area contributed by atoms with E-state index in [1.807, 2.05) is 61.7 Å². The van der Waals surface area contributed by atoms with Crippen molar-refractivity contribution in [3.05, 3.63) is 89.7 Å². The first kappa shape index (κ1) is 20.2. The van der Waals surface area contributed by atoms with Crippen molar-refractivity contribution >= 4 is 15.7 Å². The Morgan fingerprint density at radius 2 is 1.84 bits per heavy atom. The molecule has 3 heterocycles. The van der Waals surface area contributed by atoms with Crippen LogP contribution in [0.4, 0.5) is 5.69 Å². The fourth-order valence-corrected chi connectivity index (χ4v) is 6.44. The van der Waals surface area contributed by atoms with Crippen molar-refractivity contribution in [2.24, 2.45) is 0 Å². The number of hydrogen-bond donors (Lipinski definition) is 1. The summed E-state index contributed by atoms with van der Waals surface area (Å²) in [4.78, 5) is 6.69. The number of nitrogens with zero attached hydrogens (tertiary/aromatic N) is 3. The smallest absolute Gasteiger partial charge is 0.264 e. The van der Waals surface area contributed by atoms with Gasteiger partial charge in [0.1, 0.15) is 0 Å². The van der Waals surface area contributed by atoms with Crippen LogP contribution in [0.25, 0.3) is 0 Å². The number of rotatable bonds is 5. The van der Waals surface area contributed by atoms with E-state index in [1.54, 1.807) is 18.3 Å². The SMILES string of the molecule is Cc1ccc(S(=O)(=O)N2C[C@H]3[C@@H](c4ccccc42)[C@H](CO)N3Cc2cccnc2)cc1. The number of aryl methyl sites for hydroxylation is 1. The maximum Gasteiger partial charge on any atom is 0.264 e. The third-order valence-electron chi connectivity index (χ3n) is 6.48. The van der Waals surface area contributed by atoms with Crippen LogP contribution in [0, 0.1) is 6.92 Å². The largest absolute Gasteiger partial charge is 0.395 e. The van der Waals surface area contributed by atoms with E-state index in [0.717, 1.165) is 16.7 Å². The van der Waals surface area contributed by atoms with Crippen molar-refractivity contribution in [3.63, 3.8) is 0 Å². The molecule has 3 atom stereocenters. The van der Waals surface area contributed by atoms with Crippen molar-refractivity contribution in [1.29, 1.82) is 0 Å². The number of aromatic nitrogens is 1. The van der Waals surface area contributed by atoms with Crippen molar-refractivity contribution in [2.45, 2.75) is 36.4 Å². The van der Waals surface area contributed by atoms with Gasteiger partial charge in [0.2, 0.25) is 0 Å². The van der Waals surface area contributed by atoms with E-state index in [-0.39, 0.29) is 24.6 Å². The lowest BCUT2D eigenvalue weighted by Gasteiger charge is -2.59. The van der Waals surface area contributed by atoms with Gasteiger partial charge in [-0.25, -0.2) is 8.42 Å². The van der Waals surface area contributed by atoms with E-state index < -0.39 is 10.0 Å². The highest BCUT2D eigenvalue weighted by Crippen LogP contribution is 2.49. The number of aliphatic hydroxyl groups excluding tert-OH is 1. The standard InChI is InChI=1S/C24H25N3O3S/c1-17-8-10-19(11-9-17)31(29,30)27-15-22-24(20-6-2-3-7-21(20)27)23(16-28)26(22)14-18-5-4-12-25-13-18/h2-13,22-24,28H,14-16H2,1H3/t22-,23-,24+/m0/s1. The molecule has 3 aromatic rings. The van der Waals surface area contributed by atoms with Gasteiger partial charge in [-0.1, -0.05) is 42.0 Å². The van der Waals surface area contributed by atoms with Gasteiger partial charge in [-0.05, 0) is 42.3 Å². The molecule has 0 amide bonds. The van der Waals surface area contributed by atoms with Crippen LogP contribution in [0.5, 0.6) is 0 Å². The molecule has 0 bridgehead atoms. The molecule has 2 aromatic carbocycles. The van der Waals surface area contributed by atoms with Crippen LogP contribution < -0.4 is 4.31 Å².